The summed E-state index contributed by atoms with van der Waals surface area (Å²) < 4.78 is 17.2. The van der Waals surface area contributed by atoms with E-state index in [0.29, 0.717) is 25.1 Å². The Kier molecular flexibility index (Phi) is 8.67. The molecule has 1 amide bonds. The van der Waals surface area contributed by atoms with Crippen molar-refractivity contribution in [3.63, 3.8) is 0 Å². The van der Waals surface area contributed by atoms with E-state index < -0.39 is 18.4 Å². The highest BCUT2D eigenvalue weighted by Gasteiger charge is 2.31. The average molecular weight is 389 g/mol. The van der Waals surface area contributed by atoms with Gasteiger partial charge in [-0.2, -0.15) is 0 Å². The van der Waals surface area contributed by atoms with E-state index in [2.05, 4.69) is 0 Å². The molecule has 3 atom stereocenters. The van der Waals surface area contributed by atoms with Crippen molar-refractivity contribution < 1.29 is 23.8 Å². The number of hydrogen-bond donors (Lipinski definition) is 0. The fraction of sp³-hybridized carbons (Fsp3) is 0.545. The first-order valence-electron chi connectivity index (χ1n) is 9.93. The van der Waals surface area contributed by atoms with E-state index in [0.717, 1.165) is 0 Å². The van der Waals surface area contributed by atoms with E-state index in [9.17, 15) is 9.59 Å². The van der Waals surface area contributed by atoms with Crippen molar-refractivity contribution in [3.05, 3.63) is 48.0 Å². The van der Waals surface area contributed by atoms with E-state index >= 15 is 0 Å². The molecular weight excluding hydrogens is 358 g/mol. The Balaban J connectivity index is 2.05. The molecule has 0 spiro atoms. The van der Waals surface area contributed by atoms with Gasteiger partial charge >= 0.3 is 5.97 Å². The molecule has 1 aliphatic heterocycles. The molecule has 0 saturated heterocycles. The number of esters is 1. The number of ether oxygens (including phenoxy) is 3. The van der Waals surface area contributed by atoms with E-state index in [1.807, 2.05) is 45.9 Å². The van der Waals surface area contributed by atoms with Crippen molar-refractivity contribution in [1.82, 2.24) is 4.90 Å². The second-order valence-electron chi connectivity index (χ2n) is 7.01. The summed E-state index contributed by atoms with van der Waals surface area (Å²) in [5, 5.41) is 0. The van der Waals surface area contributed by atoms with Gasteiger partial charge in [0, 0.05) is 25.4 Å². The lowest BCUT2D eigenvalue weighted by Gasteiger charge is -2.33. The molecule has 0 saturated carbocycles. The highest BCUT2D eigenvalue weighted by atomic mass is 16.7. The van der Waals surface area contributed by atoms with E-state index in [-0.39, 0.29) is 24.5 Å². The van der Waals surface area contributed by atoms with Crippen LogP contribution in [0, 0.1) is 5.92 Å². The molecule has 1 aromatic rings. The van der Waals surface area contributed by atoms with Gasteiger partial charge in [-0.15, -0.1) is 0 Å². The number of carbonyl (C=O) groups is 2. The molecule has 154 valence electrons. The molecule has 0 aromatic heterocycles. The van der Waals surface area contributed by atoms with Crippen LogP contribution in [0.4, 0.5) is 0 Å². The molecule has 2 rings (SSSR count). The lowest BCUT2D eigenvalue weighted by molar-refractivity contribution is -0.185. The second kappa shape index (κ2) is 11.0. The first-order chi connectivity index (χ1) is 13.4. The van der Waals surface area contributed by atoms with Crippen LogP contribution in [0.3, 0.4) is 0 Å². The molecule has 0 radical (unpaired) electrons. The number of hydrogen-bond acceptors (Lipinski definition) is 5. The summed E-state index contributed by atoms with van der Waals surface area (Å²) in [7, 11) is 0. The predicted molar refractivity (Wildman–Crippen MR) is 107 cm³/mol. The highest BCUT2D eigenvalue weighted by molar-refractivity contribution is 5.89. The normalized spacial score (nSPS) is 21.5. The third-order valence-electron chi connectivity index (χ3n) is 4.62. The monoisotopic (exact) mass is 389 g/mol. The zero-order valence-corrected chi connectivity index (χ0v) is 17.2. The zero-order chi connectivity index (χ0) is 20.5. The largest absolute Gasteiger partial charge is 0.459 e. The number of benzene rings is 1. The molecule has 1 aromatic carbocycles. The Bertz CT molecular complexity index is 654. The second-order valence-corrected chi connectivity index (χ2v) is 7.01. The Hall–Kier alpha value is -2.18. The SMILES string of the molecule is CCN(CC)C(=O)C[C@H]1C=C[C@@H](OC(C)C)O[C@@H]1COC(=O)c1ccccc1. The van der Waals surface area contributed by atoms with Crippen LogP contribution in [0.1, 0.15) is 44.5 Å². The van der Waals surface area contributed by atoms with E-state index in [4.69, 9.17) is 14.2 Å². The molecule has 0 N–H and O–H groups in total. The van der Waals surface area contributed by atoms with Crippen molar-refractivity contribution in [2.24, 2.45) is 5.92 Å². The van der Waals surface area contributed by atoms with Gasteiger partial charge in [-0.3, -0.25) is 4.79 Å². The highest BCUT2D eigenvalue weighted by Crippen LogP contribution is 2.25. The Labute approximate surface area is 167 Å². The Morgan fingerprint density at radius 2 is 1.79 bits per heavy atom. The van der Waals surface area contributed by atoms with Gasteiger partial charge in [0.25, 0.3) is 0 Å². The maximum Gasteiger partial charge on any atom is 0.338 e. The van der Waals surface area contributed by atoms with Crippen LogP contribution < -0.4 is 0 Å². The van der Waals surface area contributed by atoms with Crippen LogP contribution in [-0.4, -0.2) is 55.0 Å². The van der Waals surface area contributed by atoms with Gasteiger partial charge in [0.2, 0.25) is 5.91 Å². The molecule has 6 heteroatoms. The summed E-state index contributed by atoms with van der Waals surface area (Å²) >= 11 is 0. The smallest absolute Gasteiger partial charge is 0.338 e. The molecule has 0 fully saturated rings. The minimum Gasteiger partial charge on any atom is -0.459 e. The van der Waals surface area contributed by atoms with Crippen LogP contribution in [-0.2, 0) is 19.0 Å². The molecule has 0 unspecified atom stereocenters. The van der Waals surface area contributed by atoms with Crippen molar-refractivity contribution in [2.75, 3.05) is 19.7 Å². The lowest BCUT2D eigenvalue weighted by atomic mass is 9.95. The Morgan fingerprint density at radius 3 is 2.39 bits per heavy atom. The van der Waals surface area contributed by atoms with Gasteiger partial charge in [0.15, 0.2) is 6.29 Å². The summed E-state index contributed by atoms with van der Waals surface area (Å²) in [6, 6.07) is 8.82. The predicted octanol–water partition coefficient (Wildman–Crippen LogP) is 3.42. The van der Waals surface area contributed by atoms with Crippen LogP contribution >= 0.6 is 0 Å². The lowest BCUT2D eigenvalue weighted by Crippen LogP contribution is -2.41. The average Bonchev–Trinajstić information content (AvgIpc) is 2.69. The first kappa shape index (κ1) is 22.1. The maximum absolute atomic E-state index is 12.5. The molecule has 1 aliphatic rings. The minimum absolute atomic E-state index is 0.00368. The number of nitrogens with zero attached hydrogens (tertiary/aromatic N) is 1. The van der Waals surface area contributed by atoms with Crippen LogP contribution in [0.25, 0.3) is 0 Å². The number of amides is 1. The first-order valence-corrected chi connectivity index (χ1v) is 9.93. The summed E-state index contributed by atoms with van der Waals surface area (Å²) in [6.45, 7) is 9.17. The standard InChI is InChI=1S/C22H31NO5/c1-5-23(6-2)20(24)14-18-12-13-21(27-16(3)4)28-19(18)15-26-22(25)17-10-8-7-9-11-17/h7-13,16,18-19,21H,5-6,14-15H2,1-4H3/t18-,19-,21+/m1/s1. The molecule has 0 bridgehead atoms. The van der Waals surface area contributed by atoms with Crippen molar-refractivity contribution >= 4 is 11.9 Å². The van der Waals surface area contributed by atoms with Crippen molar-refractivity contribution in [3.8, 4) is 0 Å². The summed E-state index contributed by atoms with van der Waals surface area (Å²) in [6.07, 6.45) is 3.12. The van der Waals surface area contributed by atoms with Gasteiger partial charge in [-0.1, -0.05) is 24.3 Å². The van der Waals surface area contributed by atoms with Crippen LogP contribution in [0.5, 0.6) is 0 Å². The van der Waals surface area contributed by atoms with Crippen LogP contribution in [0.15, 0.2) is 42.5 Å². The van der Waals surface area contributed by atoms with Crippen LogP contribution in [0.2, 0.25) is 0 Å². The van der Waals surface area contributed by atoms with E-state index in [1.54, 1.807) is 29.2 Å². The summed E-state index contributed by atoms with van der Waals surface area (Å²) in [4.78, 5) is 26.6. The van der Waals surface area contributed by atoms with Gasteiger partial charge in [-0.25, -0.2) is 4.79 Å². The summed E-state index contributed by atoms with van der Waals surface area (Å²) in [5.41, 5.74) is 0.486. The topological polar surface area (TPSA) is 65.1 Å². The number of rotatable bonds is 9. The van der Waals surface area contributed by atoms with Gasteiger partial charge < -0.3 is 19.1 Å². The number of carbonyl (C=O) groups excluding carboxylic acids is 2. The third-order valence-corrected chi connectivity index (χ3v) is 4.62. The molecule has 28 heavy (non-hydrogen) atoms. The van der Waals surface area contributed by atoms with Crippen molar-refractivity contribution in [2.45, 2.75) is 52.6 Å². The van der Waals surface area contributed by atoms with Gasteiger partial charge in [-0.05, 0) is 45.9 Å². The molecule has 1 heterocycles. The third kappa shape index (κ3) is 6.46. The van der Waals surface area contributed by atoms with Gasteiger partial charge in [0.05, 0.1) is 11.7 Å². The maximum atomic E-state index is 12.5. The molecule has 6 nitrogen and oxygen atoms in total. The van der Waals surface area contributed by atoms with E-state index in [1.165, 1.54) is 0 Å². The Morgan fingerprint density at radius 1 is 1.11 bits per heavy atom. The summed E-state index contributed by atoms with van der Waals surface area (Å²) in [5.74, 6) is -0.525. The molecule has 0 aliphatic carbocycles. The van der Waals surface area contributed by atoms with Gasteiger partial charge in [0.1, 0.15) is 12.7 Å². The molecular formula is C22H31NO5. The quantitative estimate of drug-likeness (QED) is 0.478. The van der Waals surface area contributed by atoms with Crippen molar-refractivity contribution in [1.29, 1.82) is 0 Å². The fourth-order valence-corrected chi connectivity index (χ4v) is 3.11. The zero-order valence-electron chi connectivity index (χ0n) is 17.2. The minimum atomic E-state index is -0.514. The fourth-order valence-electron chi connectivity index (χ4n) is 3.11.